The van der Waals surface area contributed by atoms with Gasteiger partial charge in [0, 0.05) is 18.1 Å². The summed E-state index contributed by atoms with van der Waals surface area (Å²) in [6.45, 7) is 6.50. The maximum atomic E-state index is 11.5. The van der Waals surface area contributed by atoms with Crippen molar-refractivity contribution in [3.8, 4) is 0 Å². The van der Waals surface area contributed by atoms with Crippen LogP contribution in [-0.2, 0) is 4.74 Å². The molecule has 1 amide bonds. The van der Waals surface area contributed by atoms with Gasteiger partial charge in [-0.25, -0.2) is 4.79 Å². The molecule has 4 heteroatoms. The summed E-state index contributed by atoms with van der Waals surface area (Å²) in [6.07, 6.45) is 3.25. The van der Waals surface area contributed by atoms with Gasteiger partial charge in [-0.15, -0.1) is 0 Å². The molecule has 1 saturated heterocycles. The van der Waals surface area contributed by atoms with Gasteiger partial charge in [-0.3, -0.25) is 0 Å². The van der Waals surface area contributed by atoms with Crippen molar-refractivity contribution in [3.63, 3.8) is 0 Å². The van der Waals surface area contributed by atoms with Crippen LogP contribution in [0.25, 0.3) is 0 Å². The van der Waals surface area contributed by atoms with Crippen LogP contribution in [0.1, 0.15) is 40.0 Å². The van der Waals surface area contributed by atoms with Crippen molar-refractivity contribution in [2.75, 3.05) is 6.54 Å². The highest BCUT2D eigenvalue weighted by Crippen LogP contribution is 2.42. The first kappa shape index (κ1) is 10.7. The number of hydrogen-bond donors (Lipinski definition) is 2. The Balaban J connectivity index is 1.75. The standard InChI is InChI=1S/C11H20N2O2/c1-10(2,3)15-9(14)13-8-6-11(4-5-11)12-7-8/h8,12H,4-7H2,1-3H3,(H,13,14). The first-order chi connectivity index (χ1) is 6.89. The van der Waals surface area contributed by atoms with Gasteiger partial charge in [0.2, 0.25) is 0 Å². The Morgan fingerprint density at radius 1 is 1.47 bits per heavy atom. The minimum atomic E-state index is -0.409. The van der Waals surface area contributed by atoms with Crippen LogP contribution in [0.2, 0.25) is 0 Å². The first-order valence-corrected chi connectivity index (χ1v) is 5.63. The van der Waals surface area contributed by atoms with Gasteiger partial charge in [-0.05, 0) is 40.0 Å². The predicted octanol–water partition coefficient (Wildman–Crippen LogP) is 1.41. The second-order valence-electron chi connectivity index (χ2n) is 5.71. The van der Waals surface area contributed by atoms with E-state index in [2.05, 4.69) is 10.6 Å². The molecular formula is C11H20N2O2. The molecule has 1 spiro atoms. The molecule has 1 heterocycles. The van der Waals surface area contributed by atoms with E-state index in [1.807, 2.05) is 20.8 Å². The molecule has 1 aliphatic heterocycles. The lowest BCUT2D eigenvalue weighted by atomic mass is 10.1. The third-order valence-corrected chi connectivity index (χ3v) is 2.94. The van der Waals surface area contributed by atoms with Crippen LogP contribution in [0.3, 0.4) is 0 Å². The molecule has 2 aliphatic rings. The SMILES string of the molecule is CC(C)(C)OC(=O)NC1CNC2(CC2)C1. The summed E-state index contributed by atoms with van der Waals surface area (Å²) in [4.78, 5) is 11.5. The van der Waals surface area contributed by atoms with E-state index in [0.717, 1.165) is 13.0 Å². The maximum absolute atomic E-state index is 11.5. The molecule has 0 aromatic heterocycles. The number of amides is 1. The van der Waals surface area contributed by atoms with Crippen LogP contribution >= 0.6 is 0 Å². The lowest BCUT2D eigenvalue weighted by molar-refractivity contribution is 0.0508. The van der Waals surface area contributed by atoms with Gasteiger partial charge < -0.3 is 15.4 Å². The van der Waals surface area contributed by atoms with Gasteiger partial charge in [0.1, 0.15) is 5.60 Å². The number of carbonyl (C=O) groups is 1. The van der Waals surface area contributed by atoms with Crippen molar-refractivity contribution in [2.24, 2.45) is 0 Å². The van der Waals surface area contributed by atoms with E-state index in [-0.39, 0.29) is 12.1 Å². The van der Waals surface area contributed by atoms with Crippen LogP contribution in [-0.4, -0.2) is 29.8 Å². The third kappa shape index (κ3) is 2.84. The van der Waals surface area contributed by atoms with E-state index < -0.39 is 5.60 Å². The van der Waals surface area contributed by atoms with Gasteiger partial charge in [-0.2, -0.15) is 0 Å². The topological polar surface area (TPSA) is 50.4 Å². The predicted molar refractivity (Wildman–Crippen MR) is 57.7 cm³/mol. The highest BCUT2D eigenvalue weighted by molar-refractivity contribution is 5.68. The van der Waals surface area contributed by atoms with E-state index in [4.69, 9.17) is 4.74 Å². The Labute approximate surface area is 90.8 Å². The fraction of sp³-hybridized carbons (Fsp3) is 0.909. The first-order valence-electron chi connectivity index (χ1n) is 5.63. The largest absolute Gasteiger partial charge is 0.444 e. The lowest BCUT2D eigenvalue weighted by Crippen LogP contribution is -2.40. The van der Waals surface area contributed by atoms with Gasteiger partial charge >= 0.3 is 6.09 Å². The molecule has 1 unspecified atom stereocenters. The molecule has 0 bridgehead atoms. The molecule has 2 N–H and O–H groups in total. The van der Waals surface area contributed by atoms with Crippen LogP contribution in [0.15, 0.2) is 0 Å². The van der Waals surface area contributed by atoms with Gasteiger partial charge in [0.05, 0.1) is 0 Å². The van der Waals surface area contributed by atoms with Crippen LogP contribution in [0.4, 0.5) is 4.79 Å². The van der Waals surface area contributed by atoms with Crippen LogP contribution < -0.4 is 10.6 Å². The van der Waals surface area contributed by atoms with Crippen LogP contribution in [0.5, 0.6) is 0 Å². The summed E-state index contributed by atoms with van der Waals surface area (Å²) in [6, 6.07) is 0.238. The summed E-state index contributed by atoms with van der Waals surface area (Å²) < 4.78 is 5.21. The Bertz CT molecular complexity index is 266. The molecule has 1 atom stereocenters. The normalized spacial score (nSPS) is 27.8. The summed E-state index contributed by atoms with van der Waals surface area (Å²) in [7, 11) is 0. The number of nitrogens with one attached hydrogen (secondary N) is 2. The zero-order valence-electron chi connectivity index (χ0n) is 9.72. The molecule has 0 aromatic carbocycles. The molecule has 1 saturated carbocycles. The minimum absolute atomic E-state index is 0.238. The van der Waals surface area contributed by atoms with Crippen molar-refractivity contribution in [3.05, 3.63) is 0 Å². The minimum Gasteiger partial charge on any atom is -0.444 e. The highest BCUT2D eigenvalue weighted by atomic mass is 16.6. The second kappa shape index (κ2) is 3.37. The number of carbonyl (C=O) groups excluding carboxylic acids is 1. The summed E-state index contributed by atoms with van der Waals surface area (Å²) in [5, 5.41) is 6.36. The fourth-order valence-electron chi connectivity index (χ4n) is 2.06. The average Bonchev–Trinajstić information content (AvgIpc) is 2.65. The molecule has 86 valence electrons. The van der Waals surface area contributed by atoms with E-state index in [1.165, 1.54) is 12.8 Å². The zero-order chi connectivity index (χ0) is 11.1. The lowest BCUT2D eigenvalue weighted by Gasteiger charge is -2.21. The Hall–Kier alpha value is -0.770. The summed E-state index contributed by atoms with van der Waals surface area (Å²) in [5.74, 6) is 0. The van der Waals surface area contributed by atoms with Crippen molar-refractivity contribution in [1.29, 1.82) is 0 Å². The molecule has 15 heavy (non-hydrogen) atoms. The Morgan fingerprint density at radius 3 is 2.60 bits per heavy atom. The fourth-order valence-corrected chi connectivity index (χ4v) is 2.06. The average molecular weight is 212 g/mol. The molecule has 2 rings (SSSR count). The second-order valence-corrected chi connectivity index (χ2v) is 5.71. The number of rotatable bonds is 1. The smallest absolute Gasteiger partial charge is 0.407 e. The summed E-state index contributed by atoms with van der Waals surface area (Å²) in [5.41, 5.74) is -0.0485. The highest BCUT2D eigenvalue weighted by Gasteiger charge is 2.48. The van der Waals surface area contributed by atoms with Crippen LogP contribution in [0, 0.1) is 0 Å². The molecular weight excluding hydrogens is 192 g/mol. The maximum Gasteiger partial charge on any atom is 0.407 e. The van der Waals surface area contributed by atoms with Gasteiger partial charge in [0.15, 0.2) is 0 Å². The van der Waals surface area contributed by atoms with Gasteiger partial charge in [0.25, 0.3) is 0 Å². The number of hydrogen-bond acceptors (Lipinski definition) is 3. The zero-order valence-corrected chi connectivity index (χ0v) is 9.72. The van der Waals surface area contributed by atoms with Crippen molar-refractivity contribution in [2.45, 2.75) is 57.2 Å². The molecule has 4 nitrogen and oxygen atoms in total. The van der Waals surface area contributed by atoms with Gasteiger partial charge in [-0.1, -0.05) is 0 Å². The Kier molecular flexibility index (Phi) is 2.41. The van der Waals surface area contributed by atoms with Crippen molar-refractivity contribution in [1.82, 2.24) is 10.6 Å². The molecule has 2 fully saturated rings. The van der Waals surface area contributed by atoms with E-state index in [1.54, 1.807) is 0 Å². The number of alkyl carbamates (subject to hydrolysis) is 1. The number of ether oxygens (including phenoxy) is 1. The van der Waals surface area contributed by atoms with Crippen molar-refractivity contribution >= 4 is 6.09 Å². The van der Waals surface area contributed by atoms with E-state index >= 15 is 0 Å². The third-order valence-electron chi connectivity index (χ3n) is 2.94. The molecule has 0 radical (unpaired) electrons. The van der Waals surface area contributed by atoms with Crippen molar-refractivity contribution < 1.29 is 9.53 Å². The molecule has 0 aromatic rings. The van der Waals surface area contributed by atoms with E-state index in [9.17, 15) is 4.79 Å². The monoisotopic (exact) mass is 212 g/mol. The molecule has 1 aliphatic carbocycles. The Morgan fingerprint density at radius 2 is 2.13 bits per heavy atom. The quantitative estimate of drug-likeness (QED) is 0.691. The van der Waals surface area contributed by atoms with E-state index in [0.29, 0.717) is 5.54 Å². The summed E-state index contributed by atoms with van der Waals surface area (Å²) >= 11 is 0.